The highest BCUT2D eigenvalue weighted by Crippen LogP contribution is 2.40. The van der Waals surface area contributed by atoms with Crippen LogP contribution < -0.4 is 9.47 Å². The molecule has 3 heteroatoms. The molecule has 1 aromatic rings. The summed E-state index contributed by atoms with van der Waals surface area (Å²) in [7, 11) is 3.25. The quantitative estimate of drug-likeness (QED) is 0.709. The number of methoxy groups -OCH3 is 2. The molecule has 0 bridgehead atoms. The summed E-state index contributed by atoms with van der Waals surface area (Å²) in [6.07, 6.45) is 2.80. The molecule has 0 heterocycles. The van der Waals surface area contributed by atoms with Crippen LogP contribution in [0.25, 0.3) is 0 Å². The standard InChI is InChI=1S/C12H14O3/c1-14-10-5-8-3-4-9(7-13)12(8)11(6-10)15-2/h5-7,9H,3-4H2,1-2H3. The van der Waals surface area contributed by atoms with Gasteiger partial charge in [-0.05, 0) is 24.5 Å². The van der Waals surface area contributed by atoms with Gasteiger partial charge in [0.25, 0.3) is 0 Å². The van der Waals surface area contributed by atoms with Gasteiger partial charge in [-0.2, -0.15) is 0 Å². The maximum atomic E-state index is 10.9. The summed E-state index contributed by atoms with van der Waals surface area (Å²) in [5, 5.41) is 0. The van der Waals surface area contributed by atoms with E-state index in [1.807, 2.05) is 12.1 Å². The zero-order valence-corrected chi connectivity index (χ0v) is 8.95. The molecule has 0 spiro atoms. The maximum Gasteiger partial charge on any atom is 0.127 e. The Morgan fingerprint density at radius 1 is 1.33 bits per heavy atom. The number of benzene rings is 1. The Morgan fingerprint density at radius 3 is 2.73 bits per heavy atom. The summed E-state index contributed by atoms with van der Waals surface area (Å²) in [5.41, 5.74) is 2.21. The zero-order chi connectivity index (χ0) is 10.8. The van der Waals surface area contributed by atoms with Crippen molar-refractivity contribution in [1.29, 1.82) is 0 Å². The van der Waals surface area contributed by atoms with E-state index in [-0.39, 0.29) is 5.92 Å². The minimum Gasteiger partial charge on any atom is -0.497 e. The molecule has 2 rings (SSSR count). The van der Waals surface area contributed by atoms with Crippen molar-refractivity contribution in [2.24, 2.45) is 0 Å². The predicted molar refractivity (Wildman–Crippen MR) is 56.7 cm³/mol. The van der Waals surface area contributed by atoms with Gasteiger partial charge in [0.05, 0.1) is 14.2 Å². The van der Waals surface area contributed by atoms with Crippen LogP contribution in [0.4, 0.5) is 0 Å². The second-order valence-corrected chi connectivity index (χ2v) is 3.68. The lowest BCUT2D eigenvalue weighted by Gasteiger charge is -2.12. The van der Waals surface area contributed by atoms with Crippen LogP contribution in [-0.4, -0.2) is 20.5 Å². The molecule has 0 N–H and O–H groups in total. The molecular formula is C12H14O3. The second-order valence-electron chi connectivity index (χ2n) is 3.68. The summed E-state index contributed by atoms with van der Waals surface area (Å²) in [5.74, 6) is 1.54. The number of aldehydes is 1. The second kappa shape index (κ2) is 3.93. The molecule has 0 fully saturated rings. The van der Waals surface area contributed by atoms with Crippen LogP contribution in [0.2, 0.25) is 0 Å². The number of fused-ring (bicyclic) bond motifs is 1. The van der Waals surface area contributed by atoms with Crippen LogP contribution in [-0.2, 0) is 11.2 Å². The van der Waals surface area contributed by atoms with Gasteiger partial charge >= 0.3 is 0 Å². The number of hydrogen-bond acceptors (Lipinski definition) is 3. The van der Waals surface area contributed by atoms with Crippen LogP contribution >= 0.6 is 0 Å². The Bertz CT molecular complexity index is 385. The summed E-state index contributed by atoms with van der Waals surface area (Å²) < 4.78 is 10.5. The van der Waals surface area contributed by atoms with Gasteiger partial charge in [0.1, 0.15) is 17.8 Å². The molecule has 0 amide bonds. The molecule has 1 aromatic carbocycles. The zero-order valence-electron chi connectivity index (χ0n) is 8.95. The average Bonchev–Trinajstić information content (AvgIpc) is 2.70. The Labute approximate surface area is 89.0 Å². The summed E-state index contributed by atoms with van der Waals surface area (Å²) in [4.78, 5) is 10.9. The van der Waals surface area contributed by atoms with Gasteiger partial charge in [-0.25, -0.2) is 0 Å². The molecule has 0 radical (unpaired) electrons. The van der Waals surface area contributed by atoms with Crippen molar-refractivity contribution in [3.63, 3.8) is 0 Å². The largest absolute Gasteiger partial charge is 0.497 e. The van der Waals surface area contributed by atoms with Crippen molar-refractivity contribution in [3.05, 3.63) is 23.3 Å². The molecule has 1 unspecified atom stereocenters. The molecule has 0 aliphatic heterocycles. The third-order valence-corrected chi connectivity index (χ3v) is 2.92. The Morgan fingerprint density at radius 2 is 2.13 bits per heavy atom. The lowest BCUT2D eigenvalue weighted by atomic mass is 10.0. The third kappa shape index (κ3) is 1.58. The Balaban J connectivity index is 2.53. The van der Waals surface area contributed by atoms with Crippen molar-refractivity contribution in [1.82, 2.24) is 0 Å². The van der Waals surface area contributed by atoms with Crippen LogP contribution in [0, 0.1) is 0 Å². The molecule has 0 saturated carbocycles. The normalized spacial score (nSPS) is 18.4. The number of hydrogen-bond donors (Lipinski definition) is 0. The third-order valence-electron chi connectivity index (χ3n) is 2.92. The van der Waals surface area contributed by atoms with Gasteiger partial charge in [0, 0.05) is 17.5 Å². The van der Waals surface area contributed by atoms with Crippen LogP contribution in [0.3, 0.4) is 0 Å². The molecule has 3 nitrogen and oxygen atoms in total. The maximum absolute atomic E-state index is 10.9. The molecule has 1 atom stereocenters. The van der Waals surface area contributed by atoms with Crippen LogP contribution in [0.5, 0.6) is 11.5 Å². The van der Waals surface area contributed by atoms with Gasteiger partial charge in [0.15, 0.2) is 0 Å². The van der Waals surface area contributed by atoms with E-state index < -0.39 is 0 Å². The fourth-order valence-electron chi connectivity index (χ4n) is 2.16. The average molecular weight is 206 g/mol. The van der Waals surface area contributed by atoms with E-state index in [4.69, 9.17) is 9.47 Å². The molecule has 1 aliphatic carbocycles. The first-order chi connectivity index (χ1) is 7.30. The highest BCUT2D eigenvalue weighted by molar-refractivity contribution is 5.69. The minimum absolute atomic E-state index is 0.0131. The van der Waals surface area contributed by atoms with Crippen LogP contribution in [0.15, 0.2) is 12.1 Å². The van der Waals surface area contributed by atoms with Crippen molar-refractivity contribution in [2.45, 2.75) is 18.8 Å². The van der Waals surface area contributed by atoms with E-state index in [0.29, 0.717) is 0 Å². The molecule has 0 aromatic heterocycles. The Hall–Kier alpha value is -1.51. The fourth-order valence-corrected chi connectivity index (χ4v) is 2.16. The van der Waals surface area contributed by atoms with Crippen molar-refractivity contribution >= 4 is 6.29 Å². The van der Waals surface area contributed by atoms with E-state index in [1.54, 1.807) is 14.2 Å². The monoisotopic (exact) mass is 206 g/mol. The van der Waals surface area contributed by atoms with E-state index in [9.17, 15) is 4.79 Å². The number of rotatable bonds is 3. The summed E-state index contributed by atoms with van der Waals surface area (Å²) in [6.45, 7) is 0. The topological polar surface area (TPSA) is 35.5 Å². The first-order valence-electron chi connectivity index (χ1n) is 5.00. The minimum atomic E-state index is -0.0131. The molecule has 80 valence electrons. The first-order valence-corrected chi connectivity index (χ1v) is 5.00. The molecule has 0 saturated heterocycles. The van der Waals surface area contributed by atoms with Crippen LogP contribution in [0.1, 0.15) is 23.5 Å². The van der Waals surface area contributed by atoms with Gasteiger partial charge < -0.3 is 14.3 Å². The molecule has 1 aliphatic rings. The smallest absolute Gasteiger partial charge is 0.127 e. The van der Waals surface area contributed by atoms with E-state index in [0.717, 1.165) is 36.2 Å². The molecular weight excluding hydrogens is 192 g/mol. The SMILES string of the molecule is COc1cc2c(c(OC)c1)C(C=O)CC2. The summed E-state index contributed by atoms with van der Waals surface area (Å²) >= 11 is 0. The number of carbonyl (C=O) groups excluding carboxylic acids is 1. The van der Waals surface area contributed by atoms with Gasteiger partial charge in [-0.15, -0.1) is 0 Å². The number of carbonyl (C=O) groups is 1. The van der Waals surface area contributed by atoms with Crippen molar-refractivity contribution in [3.8, 4) is 11.5 Å². The number of aryl methyl sites for hydroxylation is 1. The Kier molecular flexibility index (Phi) is 2.62. The fraction of sp³-hybridized carbons (Fsp3) is 0.417. The van der Waals surface area contributed by atoms with Crippen molar-refractivity contribution in [2.75, 3.05) is 14.2 Å². The van der Waals surface area contributed by atoms with Gasteiger partial charge in [-0.3, -0.25) is 0 Å². The number of ether oxygens (including phenoxy) is 2. The first kappa shape index (κ1) is 10.0. The van der Waals surface area contributed by atoms with E-state index in [2.05, 4.69) is 0 Å². The highest BCUT2D eigenvalue weighted by Gasteiger charge is 2.26. The molecule has 15 heavy (non-hydrogen) atoms. The van der Waals surface area contributed by atoms with E-state index in [1.165, 1.54) is 5.56 Å². The lowest BCUT2D eigenvalue weighted by Crippen LogP contribution is -1.99. The highest BCUT2D eigenvalue weighted by atomic mass is 16.5. The van der Waals surface area contributed by atoms with Gasteiger partial charge in [0.2, 0.25) is 0 Å². The van der Waals surface area contributed by atoms with Crippen molar-refractivity contribution < 1.29 is 14.3 Å². The summed E-state index contributed by atoms with van der Waals surface area (Å²) in [6, 6.07) is 3.82. The lowest BCUT2D eigenvalue weighted by molar-refractivity contribution is -0.109. The predicted octanol–water partition coefficient (Wildman–Crippen LogP) is 1.93. The van der Waals surface area contributed by atoms with E-state index >= 15 is 0 Å². The van der Waals surface area contributed by atoms with Gasteiger partial charge in [-0.1, -0.05) is 0 Å².